The van der Waals surface area contributed by atoms with Crippen LogP contribution in [0.4, 0.5) is 0 Å². The molecule has 0 radical (unpaired) electrons. The first-order valence-electron chi connectivity index (χ1n) is 11.7. The summed E-state index contributed by atoms with van der Waals surface area (Å²) in [7, 11) is 1.33. The van der Waals surface area contributed by atoms with Crippen molar-refractivity contribution in [1.29, 1.82) is 0 Å². The molecule has 3 aromatic rings. The number of hydrogen-bond donors (Lipinski definition) is 1. The third-order valence-corrected chi connectivity index (χ3v) is 6.69. The molecule has 0 aliphatic carbocycles. The van der Waals surface area contributed by atoms with Crippen molar-refractivity contribution in [1.82, 2.24) is 0 Å². The lowest BCUT2D eigenvalue weighted by Gasteiger charge is -2.11. The molecule has 0 aliphatic rings. The summed E-state index contributed by atoms with van der Waals surface area (Å²) in [6.45, 7) is 5.97. The van der Waals surface area contributed by atoms with E-state index in [-0.39, 0.29) is 23.9 Å². The summed E-state index contributed by atoms with van der Waals surface area (Å²) in [6.07, 6.45) is 6.74. The first-order chi connectivity index (χ1) is 17.2. The van der Waals surface area contributed by atoms with Gasteiger partial charge in [-0.2, -0.15) is 0 Å². The third kappa shape index (κ3) is 6.73. The van der Waals surface area contributed by atoms with Crippen LogP contribution in [0.5, 0.6) is 11.5 Å². The van der Waals surface area contributed by atoms with Gasteiger partial charge in [0.15, 0.2) is 5.78 Å². The fourth-order valence-corrected chi connectivity index (χ4v) is 4.75. The number of carbonyl (C=O) groups excluding carboxylic acids is 2. The molecule has 1 N–H and O–H groups in total. The smallest absolute Gasteiger partial charge is 0.351 e. The lowest BCUT2D eigenvalue weighted by Crippen LogP contribution is -2.16. The Morgan fingerprint density at radius 3 is 2.67 bits per heavy atom. The van der Waals surface area contributed by atoms with Crippen LogP contribution in [0.2, 0.25) is 0 Å². The minimum Gasteiger partial charge on any atom is -0.507 e. The summed E-state index contributed by atoms with van der Waals surface area (Å²) >= 11 is 1.50. The largest absolute Gasteiger partial charge is 0.507 e. The van der Waals surface area contributed by atoms with Crippen molar-refractivity contribution in [3.05, 3.63) is 74.7 Å². The monoisotopic (exact) mass is 510 g/mol. The molecule has 190 valence electrons. The molecule has 0 spiro atoms. The van der Waals surface area contributed by atoms with Crippen LogP contribution in [0.25, 0.3) is 16.2 Å². The van der Waals surface area contributed by atoms with Crippen LogP contribution >= 0.6 is 11.3 Å². The van der Waals surface area contributed by atoms with Crippen molar-refractivity contribution < 1.29 is 28.6 Å². The van der Waals surface area contributed by atoms with Gasteiger partial charge in [0.05, 0.1) is 20.1 Å². The zero-order valence-corrected chi connectivity index (χ0v) is 21.6. The number of esters is 1. The van der Waals surface area contributed by atoms with E-state index in [0.717, 1.165) is 20.7 Å². The van der Waals surface area contributed by atoms with Crippen LogP contribution < -0.4 is 10.4 Å². The number of ketones is 1. The predicted octanol–water partition coefficient (Wildman–Crippen LogP) is 6.25. The Morgan fingerprint density at radius 1 is 1.19 bits per heavy atom. The molecule has 0 saturated heterocycles. The van der Waals surface area contributed by atoms with Gasteiger partial charge in [-0.1, -0.05) is 19.1 Å². The van der Waals surface area contributed by atoms with Crippen molar-refractivity contribution in [2.24, 2.45) is 0 Å². The number of methoxy groups -OCH3 is 1. The molecule has 0 saturated carbocycles. The second-order valence-electron chi connectivity index (χ2n) is 8.36. The molecular formula is C28H30O7S. The van der Waals surface area contributed by atoms with E-state index >= 15 is 0 Å². The van der Waals surface area contributed by atoms with Gasteiger partial charge in [-0.15, -0.1) is 11.3 Å². The molecule has 7 nitrogen and oxygen atoms in total. The molecule has 1 aromatic carbocycles. The van der Waals surface area contributed by atoms with Crippen molar-refractivity contribution in [3.8, 4) is 11.5 Å². The van der Waals surface area contributed by atoms with Gasteiger partial charge in [0.25, 0.3) is 0 Å². The van der Waals surface area contributed by atoms with Crippen molar-refractivity contribution in [2.75, 3.05) is 13.7 Å². The molecule has 0 amide bonds. The van der Waals surface area contributed by atoms with E-state index in [0.29, 0.717) is 30.8 Å². The number of carbonyl (C=O) groups is 2. The van der Waals surface area contributed by atoms with Gasteiger partial charge in [-0.3, -0.25) is 9.59 Å². The van der Waals surface area contributed by atoms with E-state index in [1.165, 1.54) is 24.5 Å². The van der Waals surface area contributed by atoms with Crippen LogP contribution in [0, 0.1) is 0 Å². The molecule has 3 rings (SSSR count). The topological polar surface area (TPSA) is 103 Å². The molecule has 1 unspecified atom stereocenters. The highest BCUT2D eigenvalue weighted by Gasteiger charge is 2.22. The number of hydrogen-bond acceptors (Lipinski definition) is 8. The predicted molar refractivity (Wildman–Crippen MR) is 141 cm³/mol. The maximum absolute atomic E-state index is 13.0. The quantitative estimate of drug-likeness (QED) is 0.141. The summed E-state index contributed by atoms with van der Waals surface area (Å²) < 4.78 is 16.5. The average Bonchev–Trinajstić information content (AvgIpc) is 3.24. The number of allylic oxidation sites excluding steroid dienone is 2. The summed E-state index contributed by atoms with van der Waals surface area (Å²) in [5, 5.41) is 11.5. The Hall–Kier alpha value is -3.65. The van der Waals surface area contributed by atoms with Crippen LogP contribution in [0.3, 0.4) is 0 Å². The van der Waals surface area contributed by atoms with E-state index < -0.39 is 17.2 Å². The Balaban J connectivity index is 1.73. The van der Waals surface area contributed by atoms with Gasteiger partial charge in [-0.05, 0) is 68.0 Å². The lowest BCUT2D eigenvalue weighted by molar-refractivity contribution is -0.139. The standard InChI is InChI=1S/C28H30O7S/c1-5-34-20-12-11-19-14-21(36-24(19)15-20)13-18(3)27(31)26-22(29)16-23(35-28(26)32)17(2)9-7-6-8-10-25(30)33-4/h6,8,11-17,29H,5,7,9-10H2,1-4H3/b8-6+,18-13?. The molecule has 2 aromatic heterocycles. The number of rotatable bonds is 11. The van der Waals surface area contributed by atoms with E-state index in [2.05, 4.69) is 4.74 Å². The first kappa shape index (κ1) is 26.9. The summed E-state index contributed by atoms with van der Waals surface area (Å²) in [5.74, 6) is -0.394. The summed E-state index contributed by atoms with van der Waals surface area (Å²) in [6, 6.07) is 9.10. The van der Waals surface area contributed by atoms with Crippen LogP contribution in [-0.2, 0) is 9.53 Å². The van der Waals surface area contributed by atoms with E-state index in [4.69, 9.17) is 9.15 Å². The molecule has 1 atom stereocenters. The fraction of sp³-hybridized carbons (Fsp3) is 0.321. The first-order valence-corrected chi connectivity index (χ1v) is 12.5. The van der Waals surface area contributed by atoms with Gasteiger partial charge in [0.1, 0.15) is 22.8 Å². The fourth-order valence-electron chi connectivity index (χ4n) is 3.66. The molecule has 0 fully saturated rings. The SMILES string of the molecule is CCOc1ccc2cc(C=C(C)C(=O)c3c(O)cc(C(C)CC/C=C/CC(=O)OC)oc3=O)sc2c1. The molecule has 8 heteroatoms. The number of fused-ring (bicyclic) bond motifs is 1. The number of aromatic hydroxyl groups is 1. The van der Waals surface area contributed by atoms with Crippen LogP contribution in [-0.4, -0.2) is 30.6 Å². The molecule has 36 heavy (non-hydrogen) atoms. The third-order valence-electron chi connectivity index (χ3n) is 5.65. The van der Waals surface area contributed by atoms with Gasteiger partial charge in [0.2, 0.25) is 0 Å². The lowest BCUT2D eigenvalue weighted by atomic mass is 9.99. The Kier molecular flexibility index (Phi) is 9.25. The molecule has 0 bridgehead atoms. The molecule has 0 aliphatic heterocycles. The van der Waals surface area contributed by atoms with Crippen molar-refractivity contribution in [3.63, 3.8) is 0 Å². The maximum atomic E-state index is 13.0. The van der Waals surface area contributed by atoms with Gasteiger partial charge >= 0.3 is 11.6 Å². The maximum Gasteiger partial charge on any atom is 0.351 e. The van der Waals surface area contributed by atoms with Crippen molar-refractivity contribution >= 4 is 39.3 Å². The van der Waals surface area contributed by atoms with E-state index in [1.54, 1.807) is 19.1 Å². The number of benzene rings is 1. The minimum absolute atomic E-state index is 0.174. The normalized spacial score (nSPS) is 12.7. The van der Waals surface area contributed by atoms with E-state index in [1.807, 2.05) is 44.2 Å². The van der Waals surface area contributed by atoms with Crippen LogP contribution in [0.15, 0.2) is 57.3 Å². The second kappa shape index (κ2) is 12.4. The van der Waals surface area contributed by atoms with Gasteiger partial charge in [-0.25, -0.2) is 4.79 Å². The zero-order valence-electron chi connectivity index (χ0n) is 20.8. The number of thiophene rings is 1. The highest BCUT2D eigenvalue weighted by atomic mass is 32.1. The number of Topliss-reactive ketones (excluding diaryl/α,β-unsaturated/α-hetero) is 1. The van der Waals surface area contributed by atoms with Crippen molar-refractivity contribution in [2.45, 2.75) is 46.0 Å². The minimum atomic E-state index is -0.867. The second-order valence-corrected chi connectivity index (χ2v) is 9.48. The van der Waals surface area contributed by atoms with Gasteiger partial charge in [0, 0.05) is 21.6 Å². The Morgan fingerprint density at radius 2 is 1.97 bits per heavy atom. The Bertz CT molecular complexity index is 1360. The zero-order chi connectivity index (χ0) is 26.2. The highest BCUT2D eigenvalue weighted by Crippen LogP contribution is 2.31. The molecule has 2 heterocycles. The number of ether oxygens (including phenoxy) is 2. The van der Waals surface area contributed by atoms with E-state index in [9.17, 15) is 19.5 Å². The Labute approximate surface area is 213 Å². The highest BCUT2D eigenvalue weighted by molar-refractivity contribution is 7.19. The van der Waals surface area contributed by atoms with Gasteiger partial charge < -0.3 is 19.0 Å². The summed E-state index contributed by atoms with van der Waals surface area (Å²) in [4.78, 5) is 37.6. The average molecular weight is 511 g/mol. The van der Waals surface area contributed by atoms with Crippen LogP contribution in [0.1, 0.15) is 66.9 Å². The molecular weight excluding hydrogens is 480 g/mol. The summed E-state index contributed by atoms with van der Waals surface area (Å²) in [5.41, 5.74) is -0.934.